The van der Waals surface area contributed by atoms with E-state index in [4.69, 9.17) is 10.8 Å². The van der Waals surface area contributed by atoms with Gasteiger partial charge in [-0.05, 0) is 52.7 Å². The number of nitrogens with two attached hydrogens (primary N) is 1. The number of aryl methyl sites for hydroxylation is 2. The van der Waals surface area contributed by atoms with Gasteiger partial charge in [-0.2, -0.15) is 9.61 Å². The van der Waals surface area contributed by atoms with Gasteiger partial charge in [0.15, 0.2) is 11.4 Å². The highest BCUT2D eigenvalue weighted by atomic mass is 16.3. The van der Waals surface area contributed by atoms with Crippen LogP contribution in [0.15, 0.2) is 30.1 Å². The van der Waals surface area contributed by atoms with Crippen molar-refractivity contribution < 1.29 is 15.0 Å². The fraction of sp³-hybridized carbons (Fsp3) is 0.417. The molecule has 33 heavy (non-hydrogen) atoms. The summed E-state index contributed by atoms with van der Waals surface area (Å²) in [5.74, 6) is 0.132. The fourth-order valence-electron chi connectivity index (χ4n) is 4.40. The van der Waals surface area contributed by atoms with E-state index in [9.17, 15) is 9.90 Å². The van der Waals surface area contributed by atoms with E-state index in [0.29, 0.717) is 28.6 Å². The van der Waals surface area contributed by atoms with E-state index in [1.54, 1.807) is 33.2 Å². The first-order valence-corrected chi connectivity index (χ1v) is 10.9. The lowest BCUT2D eigenvalue weighted by molar-refractivity contribution is 0.0731. The summed E-state index contributed by atoms with van der Waals surface area (Å²) in [6.07, 6.45) is 6.76. The number of aromatic nitrogens is 4. The molecule has 5 rings (SSSR count). The lowest BCUT2D eigenvalue weighted by Crippen LogP contribution is -2.24. The van der Waals surface area contributed by atoms with Crippen LogP contribution in [0.3, 0.4) is 0 Å². The number of nitrogen functional groups attached to an aromatic ring is 1. The zero-order valence-electron chi connectivity index (χ0n) is 19.6. The van der Waals surface area contributed by atoms with Gasteiger partial charge in [-0.3, -0.25) is 14.7 Å². The van der Waals surface area contributed by atoms with Crippen molar-refractivity contribution in [3.63, 3.8) is 0 Å². The summed E-state index contributed by atoms with van der Waals surface area (Å²) in [5, 5.41) is 23.1. The molecule has 3 aromatic heterocycles. The molecule has 174 valence electrons. The Hall–Kier alpha value is -3.14. The predicted octanol–water partition coefficient (Wildman–Crippen LogP) is 2.37. The molecule has 4 heterocycles. The zero-order chi connectivity index (χ0) is 24.1. The first kappa shape index (κ1) is 23.0. The number of nitrogens with zero attached hydrogens (tertiary/aromatic N) is 5. The van der Waals surface area contributed by atoms with Crippen molar-refractivity contribution in [1.29, 1.82) is 0 Å². The molecular weight excluding hydrogens is 420 g/mol. The first-order valence-electron chi connectivity index (χ1n) is 10.9. The number of ketones is 1. The van der Waals surface area contributed by atoms with Crippen LogP contribution in [0.2, 0.25) is 0 Å². The number of pyridine rings is 1. The summed E-state index contributed by atoms with van der Waals surface area (Å²) in [4.78, 5) is 22.8. The van der Waals surface area contributed by atoms with Crippen LogP contribution >= 0.6 is 0 Å². The third kappa shape index (κ3) is 4.27. The second-order valence-corrected chi connectivity index (χ2v) is 9.17. The van der Waals surface area contributed by atoms with E-state index in [2.05, 4.69) is 26.0 Å². The third-order valence-corrected chi connectivity index (χ3v) is 6.09. The molecule has 0 amide bonds. The fourth-order valence-corrected chi connectivity index (χ4v) is 4.40. The molecule has 0 saturated heterocycles. The van der Waals surface area contributed by atoms with Crippen LogP contribution in [0.1, 0.15) is 54.5 Å². The van der Waals surface area contributed by atoms with Crippen molar-refractivity contribution in [2.75, 3.05) is 19.0 Å². The van der Waals surface area contributed by atoms with E-state index in [1.807, 2.05) is 13.0 Å². The van der Waals surface area contributed by atoms with Crippen molar-refractivity contribution in [1.82, 2.24) is 24.5 Å². The molecule has 0 aromatic carbocycles. The Morgan fingerprint density at radius 2 is 2.03 bits per heavy atom. The molecule has 0 spiro atoms. The van der Waals surface area contributed by atoms with E-state index >= 15 is 0 Å². The summed E-state index contributed by atoms with van der Waals surface area (Å²) < 4.78 is 1.47. The smallest absolute Gasteiger partial charge is 0.165 e. The van der Waals surface area contributed by atoms with Crippen molar-refractivity contribution in [3.8, 4) is 11.1 Å². The Morgan fingerprint density at radius 1 is 1.30 bits per heavy atom. The number of carbonyl (C=O) groups is 1. The molecule has 9 nitrogen and oxygen atoms in total. The molecule has 0 bridgehead atoms. The molecule has 3 aromatic rings. The van der Waals surface area contributed by atoms with Crippen LogP contribution in [0.25, 0.3) is 16.8 Å². The lowest BCUT2D eigenvalue weighted by Gasteiger charge is -2.19. The van der Waals surface area contributed by atoms with Gasteiger partial charge in [-0.15, -0.1) is 0 Å². The van der Waals surface area contributed by atoms with Crippen molar-refractivity contribution in [2.45, 2.75) is 52.7 Å². The molecule has 4 N–H and O–H groups in total. The van der Waals surface area contributed by atoms with Gasteiger partial charge >= 0.3 is 0 Å². The molecule has 9 heteroatoms. The molecule has 0 radical (unpaired) electrons. The maximum absolute atomic E-state index is 11.8. The molecule has 1 aliphatic heterocycles. The highest BCUT2D eigenvalue weighted by Crippen LogP contribution is 2.38. The van der Waals surface area contributed by atoms with Crippen molar-refractivity contribution in [3.05, 3.63) is 52.6 Å². The van der Waals surface area contributed by atoms with Gasteiger partial charge in [0.1, 0.15) is 11.4 Å². The predicted molar refractivity (Wildman–Crippen MR) is 126 cm³/mol. The Balaban J connectivity index is 0.000000269. The van der Waals surface area contributed by atoms with Crippen molar-refractivity contribution in [2.24, 2.45) is 0 Å². The molecule has 1 unspecified atom stereocenters. The van der Waals surface area contributed by atoms with Crippen LogP contribution in [0.5, 0.6) is 0 Å². The number of fused-ring (bicyclic) bond motifs is 2. The number of hydrogen-bond acceptors (Lipinski definition) is 8. The van der Waals surface area contributed by atoms with E-state index in [0.717, 1.165) is 23.2 Å². The van der Waals surface area contributed by atoms with Gasteiger partial charge < -0.3 is 15.9 Å². The maximum atomic E-state index is 11.8. The van der Waals surface area contributed by atoms with Gasteiger partial charge in [-0.1, -0.05) is 11.6 Å². The molecule has 1 atom stereocenters. The highest BCUT2D eigenvalue weighted by Gasteiger charge is 2.38. The van der Waals surface area contributed by atoms with Crippen LogP contribution in [0.4, 0.5) is 5.82 Å². The number of aliphatic hydroxyl groups excluding tert-OH is 1. The monoisotopic (exact) mass is 450 g/mol. The minimum atomic E-state index is -1.01. The van der Waals surface area contributed by atoms with Crippen LogP contribution in [-0.4, -0.2) is 59.8 Å². The Kier molecular flexibility index (Phi) is 5.81. The van der Waals surface area contributed by atoms with E-state index < -0.39 is 5.60 Å². The average Bonchev–Trinajstić information content (AvgIpc) is 3.19. The minimum Gasteiger partial charge on any atom is -0.384 e. The lowest BCUT2D eigenvalue weighted by atomic mass is 9.98. The largest absolute Gasteiger partial charge is 0.384 e. The summed E-state index contributed by atoms with van der Waals surface area (Å²) >= 11 is 0. The zero-order valence-corrected chi connectivity index (χ0v) is 19.6. The van der Waals surface area contributed by atoms with E-state index in [-0.39, 0.29) is 18.3 Å². The molecular formula is C24H30N6O3. The maximum Gasteiger partial charge on any atom is 0.165 e. The number of rotatable bonds is 4. The van der Waals surface area contributed by atoms with E-state index in [1.165, 1.54) is 23.4 Å². The first-order chi connectivity index (χ1) is 15.5. The summed E-state index contributed by atoms with van der Waals surface area (Å²) in [5.41, 5.74) is 11.2. The second kappa shape index (κ2) is 8.33. The topological polar surface area (TPSA) is 130 Å². The summed E-state index contributed by atoms with van der Waals surface area (Å²) in [7, 11) is 0. The van der Waals surface area contributed by atoms with Gasteiger partial charge in [-0.25, -0.2) is 4.98 Å². The number of hydrogen-bond donors (Lipinski definition) is 3. The molecule has 2 aliphatic rings. The number of carbonyl (C=O) groups excluding carboxylic acids is 1. The molecule has 1 fully saturated rings. The van der Waals surface area contributed by atoms with Crippen LogP contribution in [-0.2, 0) is 5.60 Å². The normalized spacial score (nSPS) is 17.4. The number of aliphatic hydroxyl groups is 2. The Morgan fingerprint density at radius 3 is 2.52 bits per heavy atom. The van der Waals surface area contributed by atoms with Gasteiger partial charge in [0.05, 0.1) is 29.9 Å². The Bertz CT molecular complexity index is 1270. The summed E-state index contributed by atoms with van der Waals surface area (Å²) in [6.45, 7) is 9.71. The number of Topliss-reactive ketones (excluding diaryl/α,β-unsaturated/α-hetero) is 1. The highest BCUT2D eigenvalue weighted by molar-refractivity contribution is 6.00. The van der Waals surface area contributed by atoms with Crippen LogP contribution in [0, 0.1) is 13.8 Å². The molecule has 1 saturated carbocycles. The SMILES string of the molecule is CC(=O)c1c(C)nc2c(-c3cnc(C(C)(C)O)c(C)c3)cnn2c1N.OCN1CC=C2CC21. The average molecular weight is 451 g/mol. The third-order valence-electron chi connectivity index (χ3n) is 6.09. The summed E-state index contributed by atoms with van der Waals surface area (Å²) in [6, 6.07) is 2.57. The molecule has 1 aliphatic carbocycles. The standard InChI is InChI=1S/C18H21N5O2.C6H9NO/c1-9-6-12(7-20-15(9)18(4,5)25)13-8-21-23-16(19)14(11(3)24)10(2)22-17(13)23;8-4-7-2-1-5-3-6(5)7/h6-8,25H,19H2,1-5H3;1,6,8H,2-4H2. The van der Waals surface area contributed by atoms with Gasteiger partial charge in [0.25, 0.3) is 0 Å². The second-order valence-electron chi connectivity index (χ2n) is 9.17. The minimum absolute atomic E-state index is 0.145. The van der Waals surface area contributed by atoms with Gasteiger partial charge in [0.2, 0.25) is 0 Å². The quantitative estimate of drug-likeness (QED) is 0.408. The van der Waals surface area contributed by atoms with Crippen molar-refractivity contribution >= 4 is 17.2 Å². The number of anilines is 1. The van der Waals surface area contributed by atoms with Crippen LogP contribution < -0.4 is 5.73 Å². The van der Waals surface area contributed by atoms with Gasteiger partial charge in [0, 0.05) is 29.9 Å². The Labute approximate surface area is 192 Å².